The van der Waals surface area contributed by atoms with Crippen LogP contribution < -0.4 is 11.4 Å². The maximum Gasteiger partial charge on any atom is 0.349 e. The van der Waals surface area contributed by atoms with E-state index >= 15 is 0 Å². The number of aromatic nitrogens is 2. The highest BCUT2D eigenvalue weighted by atomic mass is 16.6. The highest BCUT2D eigenvalue weighted by molar-refractivity contribution is 5.92. The number of carbonyl (C=O) groups excluding carboxylic acids is 4. The quantitative estimate of drug-likeness (QED) is 0.294. The van der Waals surface area contributed by atoms with Crippen LogP contribution in [0.5, 0.6) is 0 Å². The molecule has 29 heavy (non-hydrogen) atoms. The Morgan fingerprint density at radius 2 is 1.59 bits per heavy atom. The summed E-state index contributed by atoms with van der Waals surface area (Å²) in [5.74, 6) is -3.41. The van der Waals surface area contributed by atoms with Crippen molar-refractivity contribution in [3.63, 3.8) is 0 Å². The van der Waals surface area contributed by atoms with E-state index in [4.69, 9.17) is 15.2 Å². The fourth-order valence-electron chi connectivity index (χ4n) is 1.76. The van der Waals surface area contributed by atoms with Crippen molar-refractivity contribution in [2.45, 2.75) is 12.6 Å². The van der Waals surface area contributed by atoms with Crippen molar-refractivity contribution in [2.24, 2.45) is 0 Å². The number of rotatable bonds is 9. The summed E-state index contributed by atoms with van der Waals surface area (Å²) in [6.07, 6.45) is 3.50. The van der Waals surface area contributed by atoms with Crippen molar-refractivity contribution in [1.29, 1.82) is 0 Å². The Hall–Kier alpha value is -3.96. The van der Waals surface area contributed by atoms with Crippen LogP contribution in [0.1, 0.15) is 0 Å². The minimum atomic E-state index is -1.12. The van der Waals surface area contributed by atoms with Crippen LogP contribution in [-0.2, 0) is 44.7 Å². The highest BCUT2D eigenvalue weighted by Gasteiger charge is 2.17. The van der Waals surface area contributed by atoms with Crippen molar-refractivity contribution in [3.8, 4) is 0 Å². The number of anilines is 1. The number of carbonyl (C=O) groups is 4. The summed E-state index contributed by atoms with van der Waals surface area (Å²) in [7, 11) is 2.26. The van der Waals surface area contributed by atoms with Gasteiger partial charge in [-0.25, -0.2) is 24.0 Å². The molecule has 0 aliphatic carbocycles. The summed E-state index contributed by atoms with van der Waals surface area (Å²) < 4.78 is 19.7. The Labute approximate surface area is 164 Å². The van der Waals surface area contributed by atoms with Gasteiger partial charge in [-0.3, -0.25) is 4.57 Å². The molecule has 0 aliphatic heterocycles. The van der Waals surface area contributed by atoms with E-state index in [2.05, 4.69) is 14.5 Å². The van der Waals surface area contributed by atoms with Gasteiger partial charge >= 0.3 is 29.6 Å². The molecule has 156 valence electrons. The zero-order valence-electron chi connectivity index (χ0n) is 15.6. The Morgan fingerprint density at radius 1 is 1.03 bits per heavy atom. The molecule has 0 radical (unpaired) electrons. The summed E-state index contributed by atoms with van der Waals surface area (Å²) in [6, 6.07) is 1.35. The lowest BCUT2D eigenvalue weighted by Gasteiger charge is -2.17. The predicted molar refractivity (Wildman–Crippen MR) is 96.1 cm³/mol. The molecule has 2 N–H and O–H groups in total. The Kier molecular flexibility index (Phi) is 9.30. The van der Waals surface area contributed by atoms with Crippen LogP contribution >= 0.6 is 0 Å². The summed E-state index contributed by atoms with van der Waals surface area (Å²) >= 11 is 0. The van der Waals surface area contributed by atoms with Gasteiger partial charge in [-0.15, -0.1) is 0 Å². The van der Waals surface area contributed by atoms with Gasteiger partial charge in [0.05, 0.1) is 20.8 Å². The summed E-state index contributed by atoms with van der Waals surface area (Å²) in [6.45, 7) is -0.684. The first-order valence-corrected chi connectivity index (χ1v) is 7.97. The van der Waals surface area contributed by atoms with Crippen molar-refractivity contribution in [3.05, 3.63) is 47.1 Å². The minimum absolute atomic E-state index is 0.000168. The van der Waals surface area contributed by atoms with Gasteiger partial charge < -0.3 is 24.7 Å². The Bertz CT molecular complexity index is 873. The zero-order valence-corrected chi connectivity index (χ0v) is 15.6. The third kappa shape index (κ3) is 8.99. The van der Waals surface area contributed by atoms with E-state index in [-0.39, 0.29) is 12.4 Å². The molecule has 0 bridgehead atoms. The average Bonchev–Trinajstić information content (AvgIpc) is 2.70. The van der Waals surface area contributed by atoms with Crippen LogP contribution in [0.4, 0.5) is 5.82 Å². The zero-order chi connectivity index (χ0) is 21.8. The van der Waals surface area contributed by atoms with Gasteiger partial charge in [0.2, 0.25) is 0 Å². The number of ether oxygens (including phenoxy) is 4. The Balaban J connectivity index is 2.85. The lowest BCUT2D eigenvalue weighted by atomic mass is 10.3. The molecule has 0 amide bonds. The van der Waals surface area contributed by atoms with E-state index in [1.807, 2.05) is 0 Å². The smallest absolute Gasteiger partial charge is 0.349 e. The van der Waals surface area contributed by atoms with Crippen molar-refractivity contribution < 1.29 is 38.1 Å². The molecule has 1 unspecified atom stereocenters. The predicted octanol–water partition coefficient (Wildman–Crippen LogP) is -1.26. The number of esters is 4. The maximum atomic E-state index is 11.8. The van der Waals surface area contributed by atoms with Gasteiger partial charge in [0.25, 0.3) is 0 Å². The second-order valence-corrected chi connectivity index (χ2v) is 5.19. The van der Waals surface area contributed by atoms with E-state index in [0.29, 0.717) is 0 Å². The fourth-order valence-corrected chi connectivity index (χ4v) is 1.76. The van der Waals surface area contributed by atoms with E-state index < -0.39 is 42.3 Å². The summed E-state index contributed by atoms with van der Waals surface area (Å²) in [4.78, 5) is 60.9. The standard InChI is InChI=1S/C17H19N3O9/c1-26-13(21)3-5-15(23)28-10-11(29-16(24)6-4-14(22)27-2)9-20-8-7-12(18)19-17(20)25/h3-8,11H,9-10H2,1-2H3,(H2,18,19,25)/b5-3+,6-4+. The van der Waals surface area contributed by atoms with Crippen LogP contribution in [-0.4, -0.2) is 60.4 Å². The molecule has 12 heteroatoms. The number of hydrogen-bond acceptors (Lipinski definition) is 11. The molecule has 0 saturated heterocycles. The molecule has 1 rings (SSSR count). The third-order valence-electron chi connectivity index (χ3n) is 3.10. The van der Waals surface area contributed by atoms with Crippen LogP contribution in [0, 0.1) is 0 Å². The molecule has 0 spiro atoms. The van der Waals surface area contributed by atoms with E-state index in [0.717, 1.165) is 43.1 Å². The monoisotopic (exact) mass is 409 g/mol. The van der Waals surface area contributed by atoms with Crippen LogP contribution in [0.2, 0.25) is 0 Å². The molecule has 0 saturated carbocycles. The maximum absolute atomic E-state index is 11.8. The van der Waals surface area contributed by atoms with Crippen molar-refractivity contribution in [1.82, 2.24) is 9.55 Å². The van der Waals surface area contributed by atoms with E-state index in [1.165, 1.54) is 12.3 Å². The summed E-state index contributed by atoms with van der Waals surface area (Å²) in [5, 5.41) is 0. The number of hydrogen-bond donors (Lipinski definition) is 1. The third-order valence-corrected chi connectivity index (χ3v) is 3.10. The van der Waals surface area contributed by atoms with Gasteiger partial charge in [0, 0.05) is 30.5 Å². The van der Waals surface area contributed by atoms with E-state index in [9.17, 15) is 24.0 Å². The van der Waals surface area contributed by atoms with Gasteiger partial charge in [0.15, 0.2) is 6.10 Å². The Morgan fingerprint density at radius 3 is 2.14 bits per heavy atom. The van der Waals surface area contributed by atoms with Gasteiger partial charge in [-0.2, -0.15) is 4.98 Å². The molecule has 0 aliphatic rings. The fraction of sp³-hybridized carbons (Fsp3) is 0.294. The second-order valence-electron chi connectivity index (χ2n) is 5.19. The van der Waals surface area contributed by atoms with Crippen LogP contribution in [0.15, 0.2) is 41.4 Å². The van der Waals surface area contributed by atoms with Crippen LogP contribution in [0.25, 0.3) is 0 Å². The van der Waals surface area contributed by atoms with Crippen LogP contribution in [0.3, 0.4) is 0 Å². The largest absolute Gasteiger partial charge is 0.466 e. The molecule has 0 aromatic carbocycles. The lowest BCUT2D eigenvalue weighted by molar-refractivity contribution is -0.153. The number of nitrogens with zero attached hydrogens (tertiary/aromatic N) is 2. The minimum Gasteiger partial charge on any atom is -0.466 e. The summed E-state index contributed by atoms with van der Waals surface area (Å²) in [5.41, 5.74) is 4.70. The molecule has 12 nitrogen and oxygen atoms in total. The van der Waals surface area contributed by atoms with Gasteiger partial charge in [-0.05, 0) is 6.07 Å². The number of nitrogen functional groups attached to an aromatic ring is 1. The normalized spacial score (nSPS) is 11.8. The lowest BCUT2D eigenvalue weighted by Crippen LogP contribution is -2.34. The molecule has 1 heterocycles. The highest BCUT2D eigenvalue weighted by Crippen LogP contribution is 2.02. The van der Waals surface area contributed by atoms with Crippen molar-refractivity contribution >= 4 is 29.7 Å². The number of methoxy groups -OCH3 is 2. The van der Waals surface area contributed by atoms with E-state index in [1.54, 1.807) is 0 Å². The topological polar surface area (TPSA) is 166 Å². The molecular weight excluding hydrogens is 390 g/mol. The van der Waals surface area contributed by atoms with Gasteiger partial charge in [0.1, 0.15) is 12.4 Å². The molecule has 0 fully saturated rings. The average molecular weight is 409 g/mol. The molecule has 1 aromatic heterocycles. The first kappa shape index (κ1) is 23.1. The van der Waals surface area contributed by atoms with Gasteiger partial charge in [-0.1, -0.05) is 0 Å². The van der Waals surface area contributed by atoms with Crippen molar-refractivity contribution in [2.75, 3.05) is 26.6 Å². The molecular formula is C17H19N3O9. The first-order chi connectivity index (χ1) is 13.7. The molecule has 1 aromatic rings. The SMILES string of the molecule is COC(=O)/C=C/C(=O)OCC(Cn1ccc(N)nc1=O)OC(=O)/C=C/C(=O)OC. The first-order valence-electron chi connectivity index (χ1n) is 7.97. The second kappa shape index (κ2) is 11.7. The molecule has 1 atom stereocenters. The number of nitrogens with two attached hydrogens (primary N) is 1.